The number of fused-ring (bicyclic) bond motifs is 9. The maximum atomic E-state index is 11.4. The number of phenolic OH excluding ortho intramolecular Hbond substituents is 1. The molecule has 2 aromatic carbocycles. The minimum absolute atomic E-state index is 0.117. The van der Waals surface area contributed by atoms with Gasteiger partial charge in [-0.1, -0.05) is 18.7 Å². The molecule has 2 unspecified atom stereocenters. The van der Waals surface area contributed by atoms with Crippen molar-refractivity contribution >= 4 is 0 Å². The first-order chi connectivity index (χ1) is 17.9. The van der Waals surface area contributed by atoms with Crippen molar-refractivity contribution in [2.75, 3.05) is 27.1 Å². The number of aryl methyl sites for hydroxylation is 1. The number of methoxy groups -OCH3 is 1. The summed E-state index contributed by atoms with van der Waals surface area (Å²) in [6, 6.07) is 3.43. The second-order valence-corrected chi connectivity index (χ2v) is 10.2. The molecule has 37 heavy (non-hydrogen) atoms. The summed E-state index contributed by atoms with van der Waals surface area (Å²) in [5.41, 5.74) is 12.0. The fourth-order valence-corrected chi connectivity index (χ4v) is 6.98. The maximum Gasteiger partial charge on any atom is 0.231 e. The van der Waals surface area contributed by atoms with Crippen LogP contribution in [0.25, 0.3) is 0 Å². The summed E-state index contributed by atoms with van der Waals surface area (Å²) in [4.78, 5) is 2.23. The predicted molar refractivity (Wildman–Crippen MR) is 136 cm³/mol. The van der Waals surface area contributed by atoms with E-state index in [9.17, 15) is 10.4 Å². The lowest BCUT2D eigenvalue weighted by molar-refractivity contribution is 0.00146. The highest BCUT2D eigenvalue weighted by Crippen LogP contribution is 2.56. The second-order valence-electron chi connectivity index (χ2n) is 10.2. The summed E-state index contributed by atoms with van der Waals surface area (Å²) in [5.74, 6) is 2.74. The van der Waals surface area contributed by atoms with Crippen molar-refractivity contribution in [3.05, 3.63) is 52.1 Å². The maximum absolute atomic E-state index is 11.4. The molecule has 4 aliphatic rings. The molecule has 1 fully saturated rings. The number of piperazine rings is 1. The first-order valence-corrected chi connectivity index (χ1v) is 12.7. The van der Waals surface area contributed by atoms with Gasteiger partial charge in [0.25, 0.3) is 0 Å². The average molecular weight is 505 g/mol. The Morgan fingerprint density at radius 3 is 2.76 bits per heavy atom. The summed E-state index contributed by atoms with van der Waals surface area (Å²) in [7, 11) is 1.57. The standard InChI is InChI=1S/C28H32N4O5/c1-5-6-35-26-14(3)27-28(37-12-36-27)22-16(26)9-18-23-21-15(7-13(2)25(34-4)24(21)33)8-17(31-23)19(10-29)32(18)20(22)11-30/h5,7,17-20,23,31,33H,1,6,8-9,11-12,30H2,2-4H3/t17-,18?,19?,20+,23-/m1/s1. The minimum Gasteiger partial charge on any atom is -0.504 e. The van der Waals surface area contributed by atoms with Gasteiger partial charge in [0.05, 0.1) is 25.3 Å². The highest BCUT2D eigenvalue weighted by Gasteiger charge is 2.54. The molecule has 0 amide bonds. The first-order valence-electron chi connectivity index (χ1n) is 12.7. The number of phenols is 1. The van der Waals surface area contributed by atoms with Crippen molar-refractivity contribution in [1.29, 1.82) is 5.26 Å². The van der Waals surface area contributed by atoms with Gasteiger partial charge in [0.15, 0.2) is 23.0 Å². The van der Waals surface area contributed by atoms with Crippen LogP contribution in [0.15, 0.2) is 18.7 Å². The molecule has 0 spiro atoms. The van der Waals surface area contributed by atoms with Gasteiger partial charge in [-0.15, -0.1) is 0 Å². The van der Waals surface area contributed by atoms with Crippen LogP contribution in [-0.4, -0.2) is 55.2 Å². The van der Waals surface area contributed by atoms with Crippen LogP contribution < -0.4 is 30.0 Å². The fourth-order valence-electron chi connectivity index (χ4n) is 6.98. The van der Waals surface area contributed by atoms with Crippen LogP contribution >= 0.6 is 0 Å². The molecule has 4 aliphatic heterocycles. The van der Waals surface area contributed by atoms with Gasteiger partial charge in [-0.25, -0.2) is 0 Å². The second kappa shape index (κ2) is 8.84. The van der Waals surface area contributed by atoms with E-state index in [1.165, 1.54) is 0 Å². The van der Waals surface area contributed by atoms with E-state index < -0.39 is 6.04 Å². The van der Waals surface area contributed by atoms with Crippen LogP contribution in [0.5, 0.6) is 28.7 Å². The van der Waals surface area contributed by atoms with Crippen LogP contribution in [0, 0.1) is 25.2 Å². The lowest BCUT2D eigenvalue weighted by atomic mass is 9.72. The number of rotatable bonds is 5. The summed E-state index contributed by atoms with van der Waals surface area (Å²) < 4.78 is 23.6. The molecule has 5 atom stereocenters. The van der Waals surface area contributed by atoms with Crippen molar-refractivity contribution in [3.8, 4) is 34.8 Å². The third-order valence-electron chi connectivity index (χ3n) is 8.33. The van der Waals surface area contributed by atoms with E-state index in [2.05, 4.69) is 28.9 Å². The third kappa shape index (κ3) is 3.26. The molecule has 4 N–H and O–H groups in total. The summed E-state index contributed by atoms with van der Waals surface area (Å²) in [6.07, 6.45) is 2.91. The largest absolute Gasteiger partial charge is 0.504 e. The molecule has 2 bridgehead atoms. The van der Waals surface area contributed by atoms with Crippen molar-refractivity contribution in [2.24, 2.45) is 5.73 Å². The fraction of sp³-hybridized carbons (Fsp3) is 0.464. The predicted octanol–water partition coefficient (Wildman–Crippen LogP) is 2.70. The molecule has 4 heterocycles. The Morgan fingerprint density at radius 2 is 2.05 bits per heavy atom. The number of hydrogen-bond donors (Lipinski definition) is 3. The molecular formula is C28H32N4O5. The average Bonchev–Trinajstić information content (AvgIpc) is 3.38. The molecule has 6 rings (SSSR count). The quantitative estimate of drug-likeness (QED) is 0.528. The van der Waals surface area contributed by atoms with E-state index in [0.29, 0.717) is 36.7 Å². The molecule has 0 radical (unpaired) electrons. The van der Waals surface area contributed by atoms with Crippen molar-refractivity contribution in [2.45, 2.75) is 56.9 Å². The molecular weight excluding hydrogens is 472 g/mol. The monoisotopic (exact) mass is 504 g/mol. The van der Waals surface area contributed by atoms with Crippen LogP contribution in [0.1, 0.15) is 45.5 Å². The number of aromatic hydroxyl groups is 1. The zero-order valence-corrected chi connectivity index (χ0v) is 21.3. The molecule has 0 aromatic heterocycles. The van der Waals surface area contributed by atoms with Gasteiger partial charge in [-0.3, -0.25) is 4.90 Å². The Hall–Kier alpha value is -3.45. The zero-order valence-electron chi connectivity index (χ0n) is 21.3. The van der Waals surface area contributed by atoms with Crippen LogP contribution in [0.3, 0.4) is 0 Å². The number of nitrogens with two attached hydrogens (primary N) is 1. The van der Waals surface area contributed by atoms with E-state index in [-0.39, 0.29) is 43.3 Å². The summed E-state index contributed by atoms with van der Waals surface area (Å²) in [5, 5.41) is 25.5. The number of hydrogen-bond acceptors (Lipinski definition) is 9. The van der Waals surface area contributed by atoms with E-state index in [0.717, 1.165) is 39.1 Å². The minimum atomic E-state index is -0.419. The van der Waals surface area contributed by atoms with Gasteiger partial charge in [-0.05, 0) is 37.8 Å². The molecule has 0 aliphatic carbocycles. The highest BCUT2D eigenvalue weighted by atomic mass is 16.7. The number of nitriles is 1. The molecule has 0 saturated carbocycles. The Balaban J connectivity index is 1.58. The summed E-state index contributed by atoms with van der Waals surface area (Å²) in [6.45, 7) is 8.48. The number of nitrogens with one attached hydrogen (secondary N) is 1. The Labute approximate surface area is 216 Å². The van der Waals surface area contributed by atoms with Crippen LogP contribution in [0.4, 0.5) is 0 Å². The molecule has 194 valence electrons. The van der Waals surface area contributed by atoms with E-state index in [4.69, 9.17) is 24.7 Å². The van der Waals surface area contributed by atoms with Crippen molar-refractivity contribution < 1.29 is 24.1 Å². The lowest BCUT2D eigenvalue weighted by Crippen LogP contribution is -2.68. The smallest absolute Gasteiger partial charge is 0.231 e. The Kier molecular flexibility index (Phi) is 5.71. The normalized spacial score (nSPS) is 26.9. The van der Waals surface area contributed by atoms with Gasteiger partial charge in [0.2, 0.25) is 6.79 Å². The van der Waals surface area contributed by atoms with E-state index >= 15 is 0 Å². The van der Waals surface area contributed by atoms with Gasteiger partial charge in [-0.2, -0.15) is 5.26 Å². The topological polar surface area (TPSA) is 122 Å². The summed E-state index contributed by atoms with van der Waals surface area (Å²) >= 11 is 0. The van der Waals surface area contributed by atoms with Crippen molar-refractivity contribution in [1.82, 2.24) is 10.2 Å². The Morgan fingerprint density at radius 1 is 1.27 bits per heavy atom. The van der Waals surface area contributed by atoms with Crippen molar-refractivity contribution in [3.63, 3.8) is 0 Å². The van der Waals surface area contributed by atoms with Crippen LogP contribution in [0.2, 0.25) is 0 Å². The van der Waals surface area contributed by atoms with Gasteiger partial charge in [0.1, 0.15) is 18.4 Å². The SMILES string of the molecule is C=CCOc1c(C)c2c(c3c1CC1[C@H]4N[C@H](Cc5cc(C)c(OC)c(O)c54)C(C#N)N1[C@H]3CN)OCO2. The first kappa shape index (κ1) is 23.9. The third-order valence-corrected chi connectivity index (χ3v) is 8.33. The zero-order chi connectivity index (χ0) is 26.0. The van der Waals surface area contributed by atoms with Gasteiger partial charge >= 0.3 is 0 Å². The van der Waals surface area contributed by atoms with Crippen LogP contribution in [-0.2, 0) is 12.8 Å². The van der Waals surface area contributed by atoms with E-state index in [1.807, 2.05) is 13.8 Å². The molecule has 1 saturated heterocycles. The lowest BCUT2D eigenvalue weighted by Gasteiger charge is -2.56. The number of nitrogens with zero attached hydrogens (tertiary/aromatic N) is 2. The molecule has 9 nitrogen and oxygen atoms in total. The Bertz CT molecular complexity index is 1340. The highest BCUT2D eigenvalue weighted by molar-refractivity contribution is 5.66. The van der Waals surface area contributed by atoms with E-state index in [1.54, 1.807) is 13.2 Å². The number of ether oxygens (including phenoxy) is 4. The molecule has 2 aromatic rings. The molecule has 9 heteroatoms. The number of benzene rings is 2. The van der Waals surface area contributed by atoms with Gasteiger partial charge in [0, 0.05) is 40.9 Å². The van der Waals surface area contributed by atoms with Gasteiger partial charge < -0.3 is 35.1 Å².